The number of terminal acetylenes is 1. The van der Waals surface area contributed by atoms with Crippen LogP contribution in [0.3, 0.4) is 0 Å². The van der Waals surface area contributed by atoms with E-state index in [4.69, 9.17) is 30.2 Å². The van der Waals surface area contributed by atoms with E-state index in [9.17, 15) is 0 Å². The lowest BCUT2D eigenvalue weighted by atomic mass is 10.3. The Hall–Kier alpha value is -1.32. The summed E-state index contributed by atoms with van der Waals surface area (Å²) in [5.41, 5.74) is 2.20. The number of imidazole rings is 1. The molecular formula is C16H19ClN4S. The topological polar surface area (TPSA) is 16.3 Å². The molecule has 2 heterocycles. The summed E-state index contributed by atoms with van der Waals surface area (Å²) in [7, 11) is 2.00. The van der Waals surface area contributed by atoms with Gasteiger partial charge in [-0.15, -0.1) is 6.42 Å². The van der Waals surface area contributed by atoms with Gasteiger partial charge < -0.3 is 9.13 Å². The number of hydrogen-bond acceptors (Lipinski definition) is 3. The first-order valence-electron chi connectivity index (χ1n) is 7.33. The molecule has 1 aliphatic heterocycles. The molecule has 116 valence electrons. The zero-order chi connectivity index (χ0) is 15.7. The number of fused-ring (bicyclic) bond motifs is 1. The van der Waals surface area contributed by atoms with Crippen molar-refractivity contribution < 1.29 is 0 Å². The van der Waals surface area contributed by atoms with Gasteiger partial charge in [-0.05, 0) is 30.4 Å². The summed E-state index contributed by atoms with van der Waals surface area (Å²) in [6.07, 6.45) is 5.38. The zero-order valence-electron chi connectivity index (χ0n) is 12.6. The highest BCUT2D eigenvalue weighted by Gasteiger charge is 2.18. The minimum absolute atomic E-state index is 0.733. The molecule has 6 heteroatoms. The van der Waals surface area contributed by atoms with Crippen LogP contribution in [0, 0.1) is 17.1 Å². The fourth-order valence-electron chi connectivity index (χ4n) is 2.94. The molecule has 4 nitrogen and oxygen atoms in total. The first-order valence-corrected chi connectivity index (χ1v) is 8.11. The van der Waals surface area contributed by atoms with Crippen molar-refractivity contribution in [1.29, 1.82) is 0 Å². The summed E-state index contributed by atoms with van der Waals surface area (Å²) >= 11 is 11.7. The van der Waals surface area contributed by atoms with Gasteiger partial charge in [-0.2, -0.15) is 0 Å². The molecular weight excluding hydrogens is 316 g/mol. The molecule has 1 fully saturated rings. The van der Waals surface area contributed by atoms with Crippen LogP contribution in [-0.4, -0.2) is 51.7 Å². The third-order valence-electron chi connectivity index (χ3n) is 4.23. The third kappa shape index (κ3) is 2.92. The van der Waals surface area contributed by atoms with Gasteiger partial charge in [0.05, 0.1) is 24.2 Å². The maximum absolute atomic E-state index is 6.15. The van der Waals surface area contributed by atoms with Crippen molar-refractivity contribution in [2.45, 2.75) is 6.67 Å². The molecule has 1 saturated heterocycles. The lowest BCUT2D eigenvalue weighted by Gasteiger charge is -2.33. The van der Waals surface area contributed by atoms with E-state index in [1.54, 1.807) is 0 Å². The van der Waals surface area contributed by atoms with Gasteiger partial charge in [0.2, 0.25) is 0 Å². The standard InChI is InChI=1S/C16H19ClN4S/c1-3-6-19-7-9-20(10-8-19)12-21-15-11-13(17)4-5-14(15)18(2)16(21)22/h1,4-5,11H,6-10,12H2,2H3. The fourth-order valence-corrected chi connectivity index (χ4v) is 3.36. The summed E-state index contributed by atoms with van der Waals surface area (Å²) in [5.74, 6) is 2.71. The molecule has 0 saturated carbocycles. The molecule has 0 unspecified atom stereocenters. The smallest absolute Gasteiger partial charge is 0.181 e. The van der Waals surface area contributed by atoms with Gasteiger partial charge in [0, 0.05) is 38.2 Å². The van der Waals surface area contributed by atoms with Crippen LogP contribution < -0.4 is 0 Å². The number of rotatable bonds is 3. The molecule has 1 aliphatic rings. The molecule has 0 bridgehead atoms. The normalized spacial score (nSPS) is 17.0. The molecule has 0 amide bonds. The van der Waals surface area contributed by atoms with Crippen LogP contribution in [0.4, 0.5) is 0 Å². The maximum atomic E-state index is 6.15. The molecule has 0 spiro atoms. The van der Waals surface area contributed by atoms with Gasteiger partial charge in [-0.1, -0.05) is 17.5 Å². The Bertz CT molecular complexity index is 778. The second-order valence-corrected chi connectivity index (χ2v) is 6.44. The number of nitrogens with zero attached hydrogens (tertiary/aromatic N) is 4. The Morgan fingerprint density at radius 3 is 2.55 bits per heavy atom. The summed E-state index contributed by atoms with van der Waals surface area (Å²) < 4.78 is 5.02. The van der Waals surface area contributed by atoms with E-state index in [2.05, 4.69) is 20.3 Å². The highest BCUT2D eigenvalue weighted by Crippen LogP contribution is 2.22. The van der Waals surface area contributed by atoms with Crippen LogP contribution in [0.1, 0.15) is 0 Å². The molecule has 0 N–H and O–H groups in total. The lowest BCUT2D eigenvalue weighted by molar-refractivity contribution is 0.117. The van der Waals surface area contributed by atoms with Gasteiger partial charge in [-0.3, -0.25) is 9.80 Å². The second-order valence-electron chi connectivity index (χ2n) is 5.64. The summed E-state index contributed by atoms with van der Waals surface area (Å²) in [6.45, 7) is 5.53. The molecule has 0 aliphatic carbocycles. The monoisotopic (exact) mass is 334 g/mol. The molecule has 3 rings (SSSR count). The molecule has 2 aromatic rings. The number of halogens is 1. The highest BCUT2D eigenvalue weighted by molar-refractivity contribution is 7.71. The lowest BCUT2D eigenvalue weighted by Crippen LogP contribution is -2.46. The van der Waals surface area contributed by atoms with Crippen LogP contribution in [0.25, 0.3) is 11.0 Å². The van der Waals surface area contributed by atoms with Crippen LogP contribution in [0.5, 0.6) is 0 Å². The fraction of sp³-hybridized carbons (Fsp3) is 0.438. The van der Waals surface area contributed by atoms with E-state index in [-0.39, 0.29) is 0 Å². The predicted molar refractivity (Wildman–Crippen MR) is 93.6 cm³/mol. The largest absolute Gasteiger partial charge is 0.320 e. The van der Waals surface area contributed by atoms with E-state index < -0.39 is 0 Å². The predicted octanol–water partition coefficient (Wildman–Crippen LogP) is 2.57. The Balaban J connectivity index is 1.83. The van der Waals surface area contributed by atoms with Gasteiger partial charge in [0.15, 0.2) is 4.77 Å². The van der Waals surface area contributed by atoms with Crippen molar-refractivity contribution in [3.63, 3.8) is 0 Å². The van der Waals surface area contributed by atoms with Gasteiger partial charge in [-0.25, -0.2) is 0 Å². The molecule has 1 aromatic heterocycles. The minimum Gasteiger partial charge on any atom is -0.320 e. The van der Waals surface area contributed by atoms with Crippen molar-refractivity contribution in [1.82, 2.24) is 18.9 Å². The molecule has 0 radical (unpaired) electrons. The van der Waals surface area contributed by atoms with Crippen LogP contribution in [0.2, 0.25) is 5.02 Å². The quantitative estimate of drug-likeness (QED) is 0.634. The average Bonchev–Trinajstić information content (AvgIpc) is 2.74. The van der Waals surface area contributed by atoms with Crippen LogP contribution in [0.15, 0.2) is 18.2 Å². The Morgan fingerprint density at radius 2 is 1.86 bits per heavy atom. The first kappa shape index (κ1) is 15.6. The summed E-state index contributed by atoms with van der Waals surface area (Å²) in [5, 5.41) is 0.737. The average molecular weight is 335 g/mol. The Kier molecular flexibility index (Phi) is 4.55. The highest BCUT2D eigenvalue weighted by atomic mass is 35.5. The number of aryl methyl sites for hydroxylation is 1. The minimum atomic E-state index is 0.733. The van der Waals surface area contributed by atoms with Gasteiger partial charge >= 0.3 is 0 Å². The van der Waals surface area contributed by atoms with Crippen LogP contribution in [-0.2, 0) is 13.7 Å². The van der Waals surface area contributed by atoms with E-state index in [0.29, 0.717) is 0 Å². The first-order chi connectivity index (χ1) is 10.6. The second kappa shape index (κ2) is 6.43. The van der Waals surface area contributed by atoms with Crippen molar-refractivity contribution in [2.75, 3.05) is 32.7 Å². The van der Waals surface area contributed by atoms with Crippen molar-refractivity contribution in [3.05, 3.63) is 28.0 Å². The Morgan fingerprint density at radius 1 is 1.18 bits per heavy atom. The van der Waals surface area contributed by atoms with E-state index >= 15 is 0 Å². The number of hydrogen-bond donors (Lipinski definition) is 0. The molecule has 1 aromatic carbocycles. The van der Waals surface area contributed by atoms with Crippen molar-refractivity contribution >= 4 is 34.9 Å². The molecule has 22 heavy (non-hydrogen) atoms. The zero-order valence-corrected chi connectivity index (χ0v) is 14.2. The Labute approximate surface area is 140 Å². The van der Waals surface area contributed by atoms with Gasteiger partial charge in [0.25, 0.3) is 0 Å². The van der Waals surface area contributed by atoms with E-state index in [1.807, 2.05) is 29.8 Å². The maximum Gasteiger partial charge on any atom is 0.181 e. The number of benzene rings is 1. The number of piperazine rings is 1. The van der Waals surface area contributed by atoms with Crippen molar-refractivity contribution in [3.8, 4) is 12.3 Å². The SMILES string of the molecule is C#CCN1CCN(Cn2c(=S)n(C)c3ccc(Cl)cc32)CC1. The summed E-state index contributed by atoms with van der Waals surface area (Å²) in [4.78, 5) is 4.71. The van der Waals surface area contributed by atoms with Gasteiger partial charge in [0.1, 0.15) is 0 Å². The summed E-state index contributed by atoms with van der Waals surface area (Å²) in [6, 6.07) is 5.91. The third-order valence-corrected chi connectivity index (χ3v) is 4.96. The van der Waals surface area contributed by atoms with Crippen LogP contribution >= 0.6 is 23.8 Å². The molecule has 0 atom stereocenters. The van der Waals surface area contributed by atoms with E-state index in [1.165, 1.54) is 0 Å². The van der Waals surface area contributed by atoms with Crippen molar-refractivity contribution in [2.24, 2.45) is 7.05 Å². The number of aromatic nitrogens is 2. The van der Waals surface area contributed by atoms with E-state index in [0.717, 1.165) is 60.2 Å².